The van der Waals surface area contributed by atoms with Crippen LogP contribution in [0.4, 0.5) is 11.4 Å². The van der Waals surface area contributed by atoms with Gasteiger partial charge < -0.3 is 15.1 Å². The van der Waals surface area contributed by atoms with Crippen molar-refractivity contribution in [1.82, 2.24) is 0 Å². The molecule has 1 atom stereocenters. The van der Waals surface area contributed by atoms with Crippen LogP contribution in [0.5, 0.6) is 5.75 Å². The van der Waals surface area contributed by atoms with Crippen LogP contribution in [-0.2, 0) is 9.59 Å². The minimum atomic E-state index is -1.28. The largest absolute Gasteiger partial charge is 0.507 e. The van der Waals surface area contributed by atoms with Gasteiger partial charge >= 0.3 is 5.97 Å². The first-order valence-corrected chi connectivity index (χ1v) is 8.18. The number of likely N-dealkylation sites (N-methyl/N-ethyl adjacent to an activating group) is 1. The Morgan fingerprint density at radius 3 is 2.46 bits per heavy atom. The van der Waals surface area contributed by atoms with Gasteiger partial charge in [0.15, 0.2) is 0 Å². The number of amides is 2. The zero-order chi connectivity index (χ0) is 18.8. The van der Waals surface area contributed by atoms with E-state index in [0.717, 1.165) is 16.7 Å². The Labute approximate surface area is 150 Å². The summed E-state index contributed by atoms with van der Waals surface area (Å²) in [6.07, 6.45) is 0.0169. The second kappa shape index (κ2) is 6.87. The highest BCUT2D eigenvalue weighted by Crippen LogP contribution is 2.31. The average Bonchev–Trinajstić information content (AvgIpc) is 2.90. The first-order chi connectivity index (χ1) is 12.4. The average molecular weight is 354 g/mol. The summed E-state index contributed by atoms with van der Waals surface area (Å²) in [5.74, 6) is -2.57. The van der Waals surface area contributed by atoms with Crippen molar-refractivity contribution >= 4 is 29.2 Å². The number of rotatable bonds is 5. The molecule has 0 aromatic heterocycles. The molecule has 2 N–H and O–H groups in total. The Bertz CT molecular complexity index is 865. The lowest BCUT2D eigenvalue weighted by atomic mass is 10.1. The molecule has 1 heterocycles. The molecule has 1 fully saturated rings. The van der Waals surface area contributed by atoms with Gasteiger partial charge in [-0.2, -0.15) is 0 Å². The molecule has 134 valence electrons. The van der Waals surface area contributed by atoms with Crippen molar-refractivity contribution in [3.63, 3.8) is 0 Å². The van der Waals surface area contributed by atoms with Gasteiger partial charge in [0, 0.05) is 18.3 Å². The Morgan fingerprint density at radius 1 is 1.19 bits per heavy atom. The van der Waals surface area contributed by atoms with E-state index >= 15 is 0 Å². The molecule has 0 bridgehead atoms. The molecule has 2 aromatic rings. The predicted molar refractivity (Wildman–Crippen MR) is 95.4 cm³/mol. The number of aromatic hydroxyl groups is 1. The number of carboxylic acid groups (broad SMARTS) is 1. The summed E-state index contributed by atoms with van der Waals surface area (Å²) in [7, 11) is 0. The molecule has 0 radical (unpaired) electrons. The van der Waals surface area contributed by atoms with E-state index in [9.17, 15) is 19.5 Å². The van der Waals surface area contributed by atoms with Crippen LogP contribution >= 0.6 is 0 Å². The zero-order valence-corrected chi connectivity index (χ0v) is 14.1. The number of carbonyl (C=O) groups is 3. The number of nitrogens with zero attached hydrogens (tertiary/aromatic N) is 2. The minimum Gasteiger partial charge on any atom is -0.507 e. The van der Waals surface area contributed by atoms with Crippen LogP contribution < -0.4 is 9.80 Å². The molecule has 1 saturated heterocycles. The third kappa shape index (κ3) is 2.99. The van der Waals surface area contributed by atoms with Crippen molar-refractivity contribution in [3.05, 3.63) is 54.1 Å². The van der Waals surface area contributed by atoms with Crippen molar-refractivity contribution < 1.29 is 24.6 Å². The minimum absolute atomic E-state index is 0.0169. The summed E-state index contributed by atoms with van der Waals surface area (Å²) in [4.78, 5) is 39.2. The quantitative estimate of drug-likeness (QED) is 0.799. The fourth-order valence-electron chi connectivity index (χ4n) is 3.17. The molecule has 2 amide bonds. The maximum absolute atomic E-state index is 12.9. The lowest BCUT2D eigenvalue weighted by Gasteiger charge is -2.28. The van der Waals surface area contributed by atoms with Gasteiger partial charge in [0.1, 0.15) is 17.4 Å². The van der Waals surface area contributed by atoms with E-state index < -0.39 is 29.6 Å². The topological polar surface area (TPSA) is 98.2 Å². The number of hydrogen-bond donors (Lipinski definition) is 2. The maximum atomic E-state index is 12.9. The Hall–Kier alpha value is -3.35. The fraction of sp³-hybridized carbons (Fsp3) is 0.211. The van der Waals surface area contributed by atoms with Crippen LogP contribution in [-0.4, -0.2) is 40.6 Å². The van der Waals surface area contributed by atoms with Crippen LogP contribution in [0.15, 0.2) is 48.5 Å². The molecule has 1 aliphatic rings. The monoisotopic (exact) mass is 354 g/mol. The van der Waals surface area contributed by atoms with Crippen LogP contribution in [0.3, 0.4) is 0 Å². The normalized spacial score (nSPS) is 16.8. The smallest absolute Gasteiger partial charge is 0.339 e. The molecule has 26 heavy (non-hydrogen) atoms. The van der Waals surface area contributed by atoms with E-state index in [1.807, 2.05) is 42.2 Å². The van der Waals surface area contributed by atoms with Gasteiger partial charge in [-0.3, -0.25) is 9.59 Å². The van der Waals surface area contributed by atoms with Crippen molar-refractivity contribution in [2.75, 3.05) is 16.3 Å². The summed E-state index contributed by atoms with van der Waals surface area (Å²) in [6, 6.07) is 12.3. The number of carboxylic acids is 1. The van der Waals surface area contributed by atoms with E-state index in [2.05, 4.69) is 0 Å². The molecule has 0 aliphatic carbocycles. The molecular weight excluding hydrogens is 336 g/mol. The number of benzene rings is 2. The first kappa shape index (κ1) is 17.5. The summed E-state index contributed by atoms with van der Waals surface area (Å²) in [5.41, 5.74) is 0.713. The van der Waals surface area contributed by atoms with Gasteiger partial charge in [-0.25, -0.2) is 9.69 Å². The maximum Gasteiger partial charge on any atom is 0.339 e. The predicted octanol–water partition coefficient (Wildman–Crippen LogP) is 2.25. The zero-order valence-electron chi connectivity index (χ0n) is 14.1. The number of carbonyl (C=O) groups excluding carboxylic acids is 2. The Kier molecular flexibility index (Phi) is 4.62. The van der Waals surface area contributed by atoms with Crippen LogP contribution in [0.2, 0.25) is 0 Å². The Balaban J connectivity index is 1.92. The second-order valence-corrected chi connectivity index (χ2v) is 5.92. The van der Waals surface area contributed by atoms with Gasteiger partial charge in [-0.15, -0.1) is 0 Å². The third-order valence-electron chi connectivity index (χ3n) is 4.40. The number of phenols is 1. The molecule has 7 nitrogen and oxygen atoms in total. The molecule has 7 heteroatoms. The standard InChI is InChI=1S/C19H18N2O5/c1-2-20(12-6-4-3-5-7-12)15-11-17(23)21(18(15)24)13-8-9-14(19(25)26)16(22)10-13/h3-10,15,22H,2,11H2,1H3,(H,25,26). The molecule has 0 spiro atoms. The first-order valence-electron chi connectivity index (χ1n) is 8.18. The van der Waals surface area contributed by atoms with E-state index in [0.29, 0.717) is 6.54 Å². The summed E-state index contributed by atoms with van der Waals surface area (Å²) >= 11 is 0. The van der Waals surface area contributed by atoms with Crippen molar-refractivity contribution in [2.24, 2.45) is 0 Å². The van der Waals surface area contributed by atoms with Crippen molar-refractivity contribution in [1.29, 1.82) is 0 Å². The lowest BCUT2D eigenvalue weighted by molar-refractivity contribution is -0.121. The highest BCUT2D eigenvalue weighted by molar-refractivity contribution is 6.23. The third-order valence-corrected chi connectivity index (χ3v) is 4.40. The number of hydrogen-bond acceptors (Lipinski definition) is 5. The van der Waals surface area contributed by atoms with E-state index in [1.54, 1.807) is 0 Å². The van der Waals surface area contributed by atoms with Crippen LogP contribution in [0.25, 0.3) is 0 Å². The van der Waals surface area contributed by atoms with Crippen molar-refractivity contribution in [3.8, 4) is 5.75 Å². The van der Waals surface area contributed by atoms with Gasteiger partial charge in [0.25, 0.3) is 5.91 Å². The number of aromatic carboxylic acids is 1. The van der Waals surface area contributed by atoms with E-state index in [4.69, 9.17) is 5.11 Å². The molecule has 1 unspecified atom stereocenters. The molecule has 3 rings (SSSR count). The number of anilines is 2. The molecular formula is C19H18N2O5. The van der Waals surface area contributed by atoms with E-state index in [1.165, 1.54) is 12.1 Å². The molecule has 1 aliphatic heterocycles. The highest BCUT2D eigenvalue weighted by atomic mass is 16.4. The molecule has 2 aromatic carbocycles. The fourth-order valence-corrected chi connectivity index (χ4v) is 3.17. The van der Waals surface area contributed by atoms with Gasteiger partial charge in [0.2, 0.25) is 5.91 Å². The molecule has 0 saturated carbocycles. The summed E-state index contributed by atoms with van der Waals surface area (Å²) < 4.78 is 0. The van der Waals surface area contributed by atoms with E-state index in [-0.39, 0.29) is 17.7 Å². The summed E-state index contributed by atoms with van der Waals surface area (Å²) in [5, 5.41) is 18.8. The number of para-hydroxylation sites is 1. The van der Waals surface area contributed by atoms with Gasteiger partial charge in [-0.05, 0) is 31.2 Å². The van der Waals surface area contributed by atoms with Gasteiger partial charge in [0.05, 0.1) is 12.1 Å². The second-order valence-electron chi connectivity index (χ2n) is 5.92. The number of imide groups is 1. The van der Waals surface area contributed by atoms with Crippen LogP contribution in [0, 0.1) is 0 Å². The SMILES string of the molecule is CCN(c1ccccc1)C1CC(=O)N(c2ccc(C(=O)O)c(O)c2)C1=O. The van der Waals surface area contributed by atoms with Crippen LogP contribution in [0.1, 0.15) is 23.7 Å². The Morgan fingerprint density at radius 2 is 1.88 bits per heavy atom. The summed E-state index contributed by atoms with van der Waals surface area (Å²) in [6.45, 7) is 2.45. The van der Waals surface area contributed by atoms with Crippen molar-refractivity contribution in [2.45, 2.75) is 19.4 Å². The lowest BCUT2D eigenvalue weighted by Crippen LogP contribution is -2.42. The highest BCUT2D eigenvalue weighted by Gasteiger charge is 2.42. The van der Waals surface area contributed by atoms with Gasteiger partial charge in [-0.1, -0.05) is 18.2 Å².